The normalized spacial score (nSPS) is 16.3. The van der Waals surface area contributed by atoms with Crippen LogP contribution in [0.1, 0.15) is 21.6 Å². The van der Waals surface area contributed by atoms with E-state index in [9.17, 15) is 4.79 Å². The van der Waals surface area contributed by atoms with Gasteiger partial charge in [0.2, 0.25) is 0 Å². The van der Waals surface area contributed by atoms with Gasteiger partial charge in [0.1, 0.15) is 0 Å². The van der Waals surface area contributed by atoms with Crippen LogP contribution in [-0.2, 0) is 17.8 Å². The summed E-state index contributed by atoms with van der Waals surface area (Å²) in [6.07, 6.45) is 2.47. The number of hydrogen-bond acceptors (Lipinski definition) is 3. The van der Waals surface area contributed by atoms with E-state index in [-0.39, 0.29) is 11.9 Å². The van der Waals surface area contributed by atoms with E-state index >= 15 is 0 Å². The monoisotopic (exact) mass is 333 g/mol. The van der Waals surface area contributed by atoms with E-state index in [1.165, 1.54) is 0 Å². The van der Waals surface area contributed by atoms with Crippen LogP contribution in [0.25, 0.3) is 11.4 Å². The molecule has 1 aromatic carbocycles. The molecular weight excluding hydrogens is 314 g/mol. The van der Waals surface area contributed by atoms with E-state index < -0.39 is 0 Å². The minimum atomic E-state index is -0.0620. The van der Waals surface area contributed by atoms with Gasteiger partial charge in [-0.05, 0) is 23.8 Å². The second kappa shape index (κ2) is 6.91. The van der Waals surface area contributed by atoms with Gasteiger partial charge < -0.3 is 15.0 Å². The predicted molar refractivity (Wildman–Crippen MR) is 95.1 cm³/mol. The van der Waals surface area contributed by atoms with Gasteiger partial charge >= 0.3 is 0 Å². The Balaban J connectivity index is 1.42. The third kappa shape index (κ3) is 3.46. The molecule has 0 spiro atoms. The molecule has 1 aliphatic rings. The van der Waals surface area contributed by atoms with Crippen molar-refractivity contribution >= 4 is 5.91 Å². The van der Waals surface area contributed by atoms with Gasteiger partial charge in [-0.3, -0.25) is 9.78 Å². The van der Waals surface area contributed by atoms with Gasteiger partial charge in [-0.2, -0.15) is 0 Å². The van der Waals surface area contributed by atoms with Crippen LogP contribution >= 0.6 is 0 Å². The molecule has 1 unspecified atom stereocenters. The lowest BCUT2D eigenvalue weighted by Crippen LogP contribution is -2.43. The second-order valence-electron chi connectivity index (χ2n) is 6.17. The number of carbonyl (C=O) groups is 1. The molecule has 0 saturated heterocycles. The van der Waals surface area contributed by atoms with E-state index in [1.807, 2.05) is 54.6 Å². The number of aromatic amines is 1. The number of benzene rings is 1. The molecule has 1 atom stereocenters. The van der Waals surface area contributed by atoms with Crippen molar-refractivity contribution in [3.63, 3.8) is 0 Å². The fraction of sp³-hybridized carbons (Fsp3) is 0.200. The fourth-order valence-electron chi connectivity index (χ4n) is 3.08. The Labute approximate surface area is 146 Å². The van der Waals surface area contributed by atoms with Crippen LogP contribution in [0.5, 0.6) is 0 Å². The molecule has 25 heavy (non-hydrogen) atoms. The van der Waals surface area contributed by atoms with Crippen molar-refractivity contribution in [2.24, 2.45) is 0 Å². The van der Waals surface area contributed by atoms with Gasteiger partial charge in [0.25, 0.3) is 5.91 Å². The van der Waals surface area contributed by atoms with E-state index in [1.54, 1.807) is 6.20 Å². The Bertz CT molecular complexity index is 859. The summed E-state index contributed by atoms with van der Waals surface area (Å²) >= 11 is 0. The van der Waals surface area contributed by atoms with Gasteiger partial charge in [-0.15, -0.1) is 0 Å². The lowest BCUT2D eigenvalue weighted by molar-refractivity contribution is 0.0772. The highest BCUT2D eigenvalue weighted by Gasteiger charge is 2.26. The Kier molecular flexibility index (Phi) is 4.31. The lowest BCUT2D eigenvalue weighted by Gasteiger charge is -2.23. The number of ether oxygens (including phenoxy) is 1. The molecule has 2 N–H and O–H groups in total. The standard InChI is InChI=1S/C20H19N3O2/c24-20-16-11-19(17-8-4-5-9-21-17)23-18(16)10-15(22-20)13-25-12-14-6-2-1-3-7-14/h1-9,11,15,23H,10,12-13H2,(H,22,24). The molecule has 1 amide bonds. The number of H-pyrrole nitrogens is 1. The zero-order chi connectivity index (χ0) is 17.1. The summed E-state index contributed by atoms with van der Waals surface area (Å²) in [5, 5.41) is 3.02. The van der Waals surface area contributed by atoms with Gasteiger partial charge in [0, 0.05) is 18.3 Å². The Morgan fingerprint density at radius 1 is 1.12 bits per heavy atom. The van der Waals surface area contributed by atoms with E-state index in [0.29, 0.717) is 18.8 Å². The van der Waals surface area contributed by atoms with Gasteiger partial charge in [-0.25, -0.2) is 0 Å². The molecule has 0 bridgehead atoms. The van der Waals surface area contributed by atoms with Crippen LogP contribution in [0.3, 0.4) is 0 Å². The number of nitrogens with zero attached hydrogens (tertiary/aromatic N) is 1. The summed E-state index contributed by atoms with van der Waals surface area (Å²) in [6.45, 7) is 1.03. The summed E-state index contributed by atoms with van der Waals surface area (Å²) in [5.41, 5.74) is 4.47. The highest BCUT2D eigenvalue weighted by atomic mass is 16.5. The summed E-state index contributed by atoms with van der Waals surface area (Å²) < 4.78 is 5.77. The maximum Gasteiger partial charge on any atom is 0.253 e. The number of aromatic nitrogens is 2. The molecule has 0 saturated carbocycles. The second-order valence-corrected chi connectivity index (χ2v) is 6.17. The molecule has 1 aliphatic heterocycles. The van der Waals surface area contributed by atoms with Crippen LogP contribution in [0.4, 0.5) is 0 Å². The van der Waals surface area contributed by atoms with Crippen molar-refractivity contribution in [2.45, 2.75) is 19.1 Å². The van der Waals surface area contributed by atoms with Crippen molar-refractivity contribution in [1.82, 2.24) is 15.3 Å². The molecule has 126 valence electrons. The number of amides is 1. The first-order valence-corrected chi connectivity index (χ1v) is 8.35. The minimum absolute atomic E-state index is 0.0288. The number of pyridine rings is 1. The Hall–Kier alpha value is -2.92. The SMILES string of the molecule is O=C1NC(COCc2ccccc2)Cc2[nH]c(-c3ccccn3)cc21. The maximum atomic E-state index is 12.4. The fourth-order valence-corrected chi connectivity index (χ4v) is 3.08. The van der Waals surface area contributed by atoms with Crippen molar-refractivity contribution < 1.29 is 9.53 Å². The maximum absolute atomic E-state index is 12.4. The summed E-state index contributed by atoms with van der Waals surface area (Å²) in [7, 11) is 0. The molecule has 5 nitrogen and oxygen atoms in total. The number of hydrogen-bond donors (Lipinski definition) is 2. The third-order valence-corrected chi connectivity index (χ3v) is 4.30. The van der Waals surface area contributed by atoms with Crippen molar-refractivity contribution in [2.75, 3.05) is 6.61 Å². The van der Waals surface area contributed by atoms with Crippen LogP contribution in [0.2, 0.25) is 0 Å². The molecule has 0 radical (unpaired) electrons. The Morgan fingerprint density at radius 2 is 1.96 bits per heavy atom. The summed E-state index contributed by atoms with van der Waals surface area (Å²) in [6, 6.07) is 17.6. The van der Waals surface area contributed by atoms with Crippen LogP contribution < -0.4 is 5.32 Å². The van der Waals surface area contributed by atoms with E-state index in [0.717, 1.165) is 29.1 Å². The number of nitrogens with one attached hydrogen (secondary N) is 2. The molecule has 4 rings (SSSR count). The highest BCUT2D eigenvalue weighted by Crippen LogP contribution is 2.24. The Morgan fingerprint density at radius 3 is 2.76 bits per heavy atom. The predicted octanol–water partition coefficient (Wildman–Crippen LogP) is 2.95. The first-order valence-electron chi connectivity index (χ1n) is 8.35. The van der Waals surface area contributed by atoms with Crippen LogP contribution in [0, 0.1) is 0 Å². The molecule has 0 aliphatic carbocycles. The zero-order valence-electron chi connectivity index (χ0n) is 13.7. The molecule has 3 aromatic rings. The average molecular weight is 333 g/mol. The largest absolute Gasteiger partial charge is 0.375 e. The van der Waals surface area contributed by atoms with Crippen LogP contribution in [0.15, 0.2) is 60.8 Å². The molecule has 3 heterocycles. The van der Waals surface area contributed by atoms with E-state index in [4.69, 9.17) is 4.74 Å². The van der Waals surface area contributed by atoms with Gasteiger partial charge in [0.15, 0.2) is 0 Å². The molecular formula is C20H19N3O2. The number of carbonyl (C=O) groups excluding carboxylic acids is 1. The van der Waals surface area contributed by atoms with Crippen LogP contribution in [-0.4, -0.2) is 28.5 Å². The number of fused-ring (bicyclic) bond motifs is 1. The molecule has 0 fully saturated rings. The van der Waals surface area contributed by atoms with Crippen molar-refractivity contribution in [3.8, 4) is 11.4 Å². The summed E-state index contributed by atoms with van der Waals surface area (Å²) in [5.74, 6) is -0.0620. The summed E-state index contributed by atoms with van der Waals surface area (Å²) in [4.78, 5) is 20.0. The van der Waals surface area contributed by atoms with Gasteiger partial charge in [0.05, 0.1) is 36.2 Å². The molecule has 2 aromatic heterocycles. The lowest BCUT2D eigenvalue weighted by atomic mass is 10.0. The zero-order valence-corrected chi connectivity index (χ0v) is 13.7. The number of rotatable bonds is 5. The quantitative estimate of drug-likeness (QED) is 0.754. The van der Waals surface area contributed by atoms with E-state index in [2.05, 4.69) is 15.3 Å². The smallest absolute Gasteiger partial charge is 0.253 e. The highest BCUT2D eigenvalue weighted by molar-refractivity contribution is 5.98. The first-order chi connectivity index (χ1) is 12.3. The average Bonchev–Trinajstić information content (AvgIpc) is 3.08. The van der Waals surface area contributed by atoms with Gasteiger partial charge in [-0.1, -0.05) is 36.4 Å². The topological polar surface area (TPSA) is 67.0 Å². The first kappa shape index (κ1) is 15.6. The molecule has 5 heteroatoms. The van der Waals surface area contributed by atoms with Crippen molar-refractivity contribution in [1.29, 1.82) is 0 Å². The minimum Gasteiger partial charge on any atom is -0.375 e. The van der Waals surface area contributed by atoms with Crippen molar-refractivity contribution in [3.05, 3.63) is 77.6 Å². The third-order valence-electron chi connectivity index (χ3n) is 4.30.